The lowest BCUT2D eigenvalue weighted by atomic mass is 10.0. The summed E-state index contributed by atoms with van der Waals surface area (Å²) in [7, 11) is 4.81. The van der Waals surface area contributed by atoms with Gasteiger partial charge in [0.25, 0.3) is 0 Å². The number of hydrogen-bond donors (Lipinski definition) is 1. The quantitative estimate of drug-likeness (QED) is 0.543. The van der Waals surface area contributed by atoms with E-state index in [1.165, 1.54) is 4.90 Å². The number of aryl methyl sites for hydroxylation is 1. The highest BCUT2D eigenvalue weighted by atomic mass is 16.5. The minimum absolute atomic E-state index is 0.311. The zero-order valence-corrected chi connectivity index (χ0v) is 19.1. The lowest BCUT2D eigenvalue weighted by Gasteiger charge is -2.27. The maximum atomic E-state index is 12.3. The number of hydrogen-bond acceptors (Lipinski definition) is 6. The predicted molar refractivity (Wildman–Crippen MR) is 121 cm³/mol. The Labute approximate surface area is 187 Å². The molecule has 0 aliphatic carbocycles. The lowest BCUT2D eigenvalue weighted by molar-refractivity contribution is -0.945. The van der Waals surface area contributed by atoms with Gasteiger partial charge in [0.15, 0.2) is 17.1 Å². The fourth-order valence-electron chi connectivity index (χ4n) is 4.33. The van der Waals surface area contributed by atoms with E-state index < -0.39 is 0 Å². The topological polar surface area (TPSA) is 71.6 Å². The summed E-state index contributed by atoms with van der Waals surface area (Å²) in [4.78, 5) is 13.5. The molecule has 0 fully saturated rings. The van der Waals surface area contributed by atoms with E-state index in [9.17, 15) is 4.79 Å². The molecule has 2 aromatic carbocycles. The van der Waals surface area contributed by atoms with Crippen molar-refractivity contribution >= 4 is 11.0 Å². The van der Waals surface area contributed by atoms with Gasteiger partial charge in [-0.2, -0.15) is 0 Å². The van der Waals surface area contributed by atoms with Crippen molar-refractivity contribution < 1.29 is 28.3 Å². The van der Waals surface area contributed by atoms with Gasteiger partial charge in [0.05, 0.1) is 26.9 Å². The molecule has 1 N–H and O–H groups in total. The SMILES string of the molecule is CCCCc1cc(=O)oc2c3c(ccc12)OC[NH+](Cc1cc(OC)c(OC)c(OC)c1)C3. The van der Waals surface area contributed by atoms with Crippen molar-refractivity contribution in [1.29, 1.82) is 0 Å². The van der Waals surface area contributed by atoms with Gasteiger partial charge in [-0.25, -0.2) is 4.79 Å². The van der Waals surface area contributed by atoms with Crippen LogP contribution in [0.25, 0.3) is 11.0 Å². The molecule has 2 heterocycles. The molecule has 0 saturated heterocycles. The van der Waals surface area contributed by atoms with Crippen LogP contribution in [0, 0.1) is 0 Å². The Bertz CT molecular complexity index is 1140. The highest BCUT2D eigenvalue weighted by Crippen LogP contribution is 2.38. The molecule has 1 aliphatic heterocycles. The number of unbranched alkanes of at least 4 members (excludes halogenated alkanes) is 1. The van der Waals surface area contributed by atoms with Gasteiger partial charge in [-0.1, -0.05) is 13.3 Å². The van der Waals surface area contributed by atoms with Gasteiger partial charge in [-0.05, 0) is 42.7 Å². The van der Waals surface area contributed by atoms with Crippen LogP contribution < -0.4 is 29.5 Å². The Morgan fingerprint density at radius 2 is 1.78 bits per heavy atom. The van der Waals surface area contributed by atoms with E-state index in [-0.39, 0.29) is 5.63 Å². The van der Waals surface area contributed by atoms with Crippen LogP contribution in [-0.2, 0) is 19.5 Å². The first kappa shape index (κ1) is 22.0. The van der Waals surface area contributed by atoms with Crippen LogP contribution in [-0.4, -0.2) is 28.1 Å². The summed E-state index contributed by atoms with van der Waals surface area (Å²) in [6.45, 7) is 4.03. The van der Waals surface area contributed by atoms with Gasteiger partial charge in [0.1, 0.15) is 18.8 Å². The first-order valence-corrected chi connectivity index (χ1v) is 10.9. The maximum absolute atomic E-state index is 12.3. The van der Waals surface area contributed by atoms with Crippen molar-refractivity contribution in [2.75, 3.05) is 28.1 Å². The second-order valence-corrected chi connectivity index (χ2v) is 8.04. The molecule has 1 aliphatic rings. The molecule has 0 saturated carbocycles. The average Bonchev–Trinajstić information content (AvgIpc) is 2.81. The minimum atomic E-state index is -0.311. The third-order valence-electron chi connectivity index (χ3n) is 5.90. The van der Waals surface area contributed by atoms with Gasteiger partial charge in [-0.3, -0.25) is 4.90 Å². The molecule has 0 radical (unpaired) electrons. The molecule has 0 spiro atoms. The van der Waals surface area contributed by atoms with Gasteiger partial charge in [-0.15, -0.1) is 0 Å². The first-order valence-electron chi connectivity index (χ1n) is 10.9. The third kappa shape index (κ3) is 4.25. The summed E-state index contributed by atoms with van der Waals surface area (Å²) in [5.41, 5.74) is 3.34. The van der Waals surface area contributed by atoms with E-state index in [1.54, 1.807) is 27.4 Å². The summed E-state index contributed by atoms with van der Waals surface area (Å²) in [6.07, 6.45) is 2.97. The van der Waals surface area contributed by atoms with Crippen molar-refractivity contribution in [1.82, 2.24) is 0 Å². The number of nitrogens with one attached hydrogen (secondary N) is 1. The standard InChI is InChI=1S/C25H29NO6/c1-5-6-7-17-12-23(27)32-24-18(17)8-9-20-19(24)14-26(15-31-20)13-16-10-21(28-2)25(30-4)22(11-16)29-3/h8-12H,5-7,13-15H2,1-4H3/p+1. The molecule has 1 aromatic heterocycles. The Morgan fingerprint density at radius 1 is 1.03 bits per heavy atom. The van der Waals surface area contributed by atoms with Gasteiger partial charge < -0.3 is 23.4 Å². The molecule has 7 nitrogen and oxygen atoms in total. The second-order valence-electron chi connectivity index (χ2n) is 8.04. The van der Waals surface area contributed by atoms with Crippen LogP contribution in [0.15, 0.2) is 39.5 Å². The van der Waals surface area contributed by atoms with Crippen LogP contribution >= 0.6 is 0 Å². The summed E-state index contributed by atoms with van der Waals surface area (Å²) >= 11 is 0. The fourth-order valence-corrected chi connectivity index (χ4v) is 4.33. The van der Waals surface area contributed by atoms with Crippen LogP contribution in [0.2, 0.25) is 0 Å². The van der Waals surface area contributed by atoms with E-state index >= 15 is 0 Å². The smallest absolute Gasteiger partial charge is 0.336 e. The molecule has 170 valence electrons. The zero-order valence-electron chi connectivity index (χ0n) is 19.1. The van der Waals surface area contributed by atoms with Crippen LogP contribution in [0.3, 0.4) is 0 Å². The van der Waals surface area contributed by atoms with Crippen molar-refractivity contribution in [2.45, 2.75) is 39.3 Å². The highest BCUT2D eigenvalue weighted by Gasteiger charge is 2.26. The van der Waals surface area contributed by atoms with Crippen molar-refractivity contribution in [3.63, 3.8) is 0 Å². The van der Waals surface area contributed by atoms with E-state index in [0.29, 0.717) is 42.7 Å². The summed E-state index contributed by atoms with van der Waals surface area (Å²) < 4.78 is 28.1. The number of rotatable bonds is 8. The number of quaternary nitrogens is 1. The first-order chi connectivity index (χ1) is 15.6. The van der Waals surface area contributed by atoms with Gasteiger partial charge >= 0.3 is 5.63 Å². The Kier molecular flexibility index (Phi) is 6.55. The van der Waals surface area contributed by atoms with Crippen molar-refractivity contribution in [3.8, 4) is 23.0 Å². The molecule has 7 heteroatoms. The Morgan fingerprint density at radius 3 is 2.44 bits per heavy atom. The molecule has 4 rings (SSSR count). The third-order valence-corrected chi connectivity index (χ3v) is 5.90. The van der Waals surface area contributed by atoms with Crippen LogP contribution in [0.1, 0.15) is 36.5 Å². The summed E-state index contributed by atoms with van der Waals surface area (Å²) in [5, 5.41) is 0.995. The molecule has 32 heavy (non-hydrogen) atoms. The van der Waals surface area contributed by atoms with Crippen LogP contribution in [0.5, 0.6) is 23.0 Å². The Hall–Kier alpha value is -3.19. The summed E-state index contributed by atoms with van der Waals surface area (Å²) in [5.74, 6) is 2.59. The fraction of sp³-hybridized carbons (Fsp3) is 0.400. The molecule has 1 unspecified atom stereocenters. The largest absolute Gasteiger partial charge is 0.493 e. The van der Waals surface area contributed by atoms with E-state index in [1.807, 2.05) is 24.3 Å². The number of benzene rings is 2. The maximum Gasteiger partial charge on any atom is 0.336 e. The number of fused-ring (bicyclic) bond motifs is 3. The average molecular weight is 441 g/mol. The van der Waals surface area contributed by atoms with E-state index in [0.717, 1.165) is 47.1 Å². The zero-order chi connectivity index (χ0) is 22.7. The molecule has 3 aromatic rings. The lowest BCUT2D eigenvalue weighted by Crippen LogP contribution is -3.10. The predicted octanol–water partition coefficient (Wildman–Crippen LogP) is 3.10. The van der Waals surface area contributed by atoms with Gasteiger partial charge in [0, 0.05) is 17.0 Å². The minimum Gasteiger partial charge on any atom is -0.493 e. The van der Waals surface area contributed by atoms with E-state index in [4.69, 9.17) is 23.4 Å². The second kappa shape index (κ2) is 9.53. The molecular formula is C25H30NO6+. The number of ether oxygens (including phenoxy) is 4. The van der Waals surface area contributed by atoms with Crippen LogP contribution in [0.4, 0.5) is 0 Å². The highest BCUT2D eigenvalue weighted by molar-refractivity contribution is 5.85. The monoisotopic (exact) mass is 440 g/mol. The van der Waals surface area contributed by atoms with E-state index in [2.05, 4.69) is 6.92 Å². The number of methoxy groups -OCH3 is 3. The molecule has 1 atom stereocenters. The normalized spacial score (nSPS) is 15.2. The molecule has 0 amide bonds. The van der Waals surface area contributed by atoms with Crippen molar-refractivity contribution in [3.05, 3.63) is 57.4 Å². The molecule has 0 bridgehead atoms. The Balaban J connectivity index is 1.66. The van der Waals surface area contributed by atoms with Gasteiger partial charge in [0.2, 0.25) is 12.5 Å². The molecular weight excluding hydrogens is 410 g/mol. The van der Waals surface area contributed by atoms with Crippen molar-refractivity contribution in [2.24, 2.45) is 0 Å². The summed E-state index contributed by atoms with van der Waals surface area (Å²) in [6, 6.07) is 9.52.